The topological polar surface area (TPSA) is 15.3 Å². The predicted octanol–water partition coefficient (Wildman–Crippen LogP) is 3.70. The molecule has 3 heteroatoms. The van der Waals surface area contributed by atoms with E-state index in [4.69, 9.17) is 0 Å². The zero-order valence-electron chi connectivity index (χ0n) is 12.1. The van der Waals surface area contributed by atoms with E-state index in [1.165, 1.54) is 25.7 Å². The normalized spacial score (nSPS) is 16.7. The first-order valence-electron chi connectivity index (χ1n) is 7.44. The molecule has 1 N–H and O–H groups in total. The van der Waals surface area contributed by atoms with Gasteiger partial charge < -0.3 is 10.2 Å². The molecule has 0 amide bonds. The lowest BCUT2D eigenvalue weighted by atomic mass is 10.1. The molecule has 2 rings (SSSR count). The van der Waals surface area contributed by atoms with E-state index in [0.29, 0.717) is 12.6 Å². The van der Waals surface area contributed by atoms with Crippen LogP contribution in [0, 0.1) is 5.82 Å². The van der Waals surface area contributed by atoms with Gasteiger partial charge in [-0.15, -0.1) is 0 Å². The van der Waals surface area contributed by atoms with E-state index < -0.39 is 0 Å². The van der Waals surface area contributed by atoms with Crippen LogP contribution in [0.4, 0.5) is 10.1 Å². The minimum Gasteiger partial charge on any atom is -0.371 e. The van der Waals surface area contributed by atoms with E-state index in [1.807, 2.05) is 6.07 Å². The summed E-state index contributed by atoms with van der Waals surface area (Å²) in [7, 11) is 0. The molecule has 1 fully saturated rings. The Morgan fingerprint density at radius 2 is 1.84 bits per heavy atom. The lowest BCUT2D eigenvalue weighted by Crippen LogP contribution is -2.28. The van der Waals surface area contributed by atoms with Gasteiger partial charge in [0.15, 0.2) is 0 Å². The molecule has 1 aromatic carbocycles. The van der Waals surface area contributed by atoms with Gasteiger partial charge in [-0.05, 0) is 25.0 Å². The fourth-order valence-electron chi connectivity index (χ4n) is 2.64. The van der Waals surface area contributed by atoms with Gasteiger partial charge >= 0.3 is 0 Å². The van der Waals surface area contributed by atoms with Crippen molar-refractivity contribution in [3.05, 3.63) is 29.6 Å². The Bertz CT molecular complexity index is 396. The van der Waals surface area contributed by atoms with Crippen LogP contribution in [0.15, 0.2) is 18.2 Å². The molecule has 0 bridgehead atoms. The van der Waals surface area contributed by atoms with Crippen molar-refractivity contribution < 1.29 is 4.39 Å². The van der Waals surface area contributed by atoms with Gasteiger partial charge in [0.05, 0.1) is 0 Å². The second-order valence-electron chi connectivity index (χ2n) is 5.67. The molecule has 0 unspecified atom stereocenters. The van der Waals surface area contributed by atoms with Gasteiger partial charge in [0, 0.05) is 36.9 Å². The number of nitrogens with zero attached hydrogens (tertiary/aromatic N) is 1. The second kappa shape index (κ2) is 6.90. The Kier molecular flexibility index (Phi) is 5.20. The van der Waals surface area contributed by atoms with Crippen molar-refractivity contribution >= 4 is 5.69 Å². The Labute approximate surface area is 116 Å². The van der Waals surface area contributed by atoms with Crippen molar-refractivity contribution in [2.75, 3.05) is 18.0 Å². The SMILES string of the molecule is CC(C)NCc1c(F)cccc1N1CCCCCC1. The summed E-state index contributed by atoms with van der Waals surface area (Å²) >= 11 is 0. The summed E-state index contributed by atoms with van der Waals surface area (Å²) in [4.78, 5) is 2.35. The van der Waals surface area contributed by atoms with Crippen molar-refractivity contribution in [2.24, 2.45) is 0 Å². The van der Waals surface area contributed by atoms with Gasteiger partial charge in [-0.1, -0.05) is 32.8 Å². The van der Waals surface area contributed by atoms with Crippen LogP contribution in [0.1, 0.15) is 45.1 Å². The minimum absolute atomic E-state index is 0.0881. The van der Waals surface area contributed by atoms with Gasteiger partial charge in [-0.25, -0.2) is 4.39 Å². The molecule has 0 saturated carbocycles. The zero-order chi connectivity index (χ0) is 13.7. The Morgan fingerprint density at radius 3 is 2.47 bits per heavy atom. The minimum atomic E-state index is -0.0881. The molecule has 0 aliphatic carbocycles. The average Bonchev–Trinajstić information content (AvgIpc) is 2.65. The van der Waals surface area contributed by atoms with Crippen molar-refractivity contribution in [3.8, 4) is 0 Å². The van der Waals surface area contributed by atoms with Crippen LogP contribution in [-0.2, 0) is 6.54 Å². The number of rotatable bonds is 4. The van der Waals surface area contributed by atoms with Crippen molar-refractivity contribution in [1.82, 2.24) is 5.32 Å². The van der Waals surface area contributed by atoms with E-state index in [-0.39, 0.29) is 5.82 Å². The highest BCUT2D eigenvalue weighted by Gasteiger charge is 2.16. The van der Waals surface area contributed by atoms with Gasteiger partial charge in [0.1, 0.15) is 5.82 Å². The monoisotopic (exact) mass is 264 g/mol. The van der Waals surface area contributed by atoms with Crippen LogP contribution in [0.5, 0.6) is 0 Å². The van der Waals surface area contributed by atoms with Crippen molar-refractivity contribution in [3.63, 3.8) is 0 Å². The van der Waals surface area contributed by atoms with Gasteiger partial charge in [0.2, 0.25) is 0 Å². The number of hydrogen-bond donors (Lipinski definition) is 1. The van der Waals surface area contributed by atoms with E-state index in [2.05, 4.69) is 30.1 Å². The van der Waals surface area contributed by atoms with Crippen LogP contribution in [0.3, 0.4) is 0 Å². The lowest BCUT2D eigenvalue weighted by molar-refractivity contribution is 0.551. The molecule has 1 aliphatic rings. The third kappa shape index (κ3) is 3.93. The van der Waals surface area contributed by atoms with E-state index in [9.17, 15) is 4.39 Å². The van der Waals surface area contributed by atoms with Crippen LogP contribution in [-0.4, -0.2) is 19.1 Å². The van der Waals surface area contributed by atoms with E-state index in [1.54, 1.807) is 6.07 Å². The zero-order valence-corrected chi connectivity index (χ0v) is 12.1. The van der Waals surface area contributed by atoms with Crippen molar-refractivity contribution in [1.29, 1.82) is 0 Å². The van der Waals surface area contributed by atoms with Crippen molar-refractivity contribution in [2.45, 2.75) is 52.1 Å². The van der Waals surface area contributed by atoms with Crippen LogP contribution >= 0.6 is 0 Å². The molecule has 19 heavy (non-hydrogen) atoms. The van der Waals surface area contributed by atoms with Crippen LogP contribution in [0.2, 0.25) is 0 Å². The molecule has 1 heterocycles. The number of nitrogens with one attached hydrogen (secondary N) is 1. The lowest BCUT2D eigenvalue weighted by Gasteiger charge is -2.26. The molecule has 0 atom stereocenters. The molecule has 0 spiro atoms. The Hall–Kier alpha value is -1.09. The number of halogens is 1. The first kappa shape index (κ1) is 14.3. The molecule has 0 radical (unpaired) electrons. The third-order valence-corrected chi connectivity index (χ3v) is 3.73. The number of anilines is 1. The van der Waals surface area contributed by atoms with Crippen LogP contribution in [0.25, 0.3) is 0 Å². The molecule has 106 valence electrons. The molecule has 1 aliphatic heterocycles. The summed E-state index contributed by atoms with van der Waals surface area (Å²) in [5.41, 5.74) is 1.90. The van der Waals surface area contributed by atoms with E-state index >= 15 is 0 Å². The molecule has 1 saturated heterocycles. The fraction of sp³-hybridized carbons (Fsp3) is 0.625. The molecule has 1 aromatic rings. The maximum atomic E-state index is 14.1. The Balaban J connectivity index is 2.19. The largest absolute Gasteiger partial charge is 0.371 e. The summed E-state index contributed by atoms with van der Waals surface area (Å²) in [6.45, 7) is 6.89. The summed E-state index contributed by atoms with van der Waals surface area (Å²) in [6.07, 6.45) is 5.03. The smallest absolute Gasteiger partial charge is 0.129 e. The van der Waals surface area contributed by atoms with E-state index in [0.717, 1.165) is 24.3 Å². The summed E-state index contributed by atoms with van der Waals surface area (Å²) < 4.78 is 14.1. The highest BCUT2D eigenvalue weighted by atomic mass is 19.1. The molecule has 2 nitrogen and oxygen atoms in total. The highest BCUT2D eigenvalue weighted by molar-refractivity contribution is 5.54. The molecular formula is C16H25FN2. The molecule has 0 aromatic heterocycles. The summed E-state index contributed by atoms with van der Waals surface area (Å²) in [5.74, 6) is -0.0881. The maximum absolute atomic E-state index is 14.1. The second-order valence-corrected chi connectivity index (χ2v) is 5.67. The van der Waals surface area contributed by atoms with Gasteiger partial charge in [-0.3, -0.25) is 0 Å². The maximum Gasteiger partial charge on any atom is 0.129 e. The standard InChI is InChI=1S/C16H25FN2/c1-13(2)18-12-14-15(17)8-7-9-16(14)19-10-5-3-4-6-11-19/h7-9,13,18H,3-6,10-12H2,1-2H3. The highest BCUT2D eigenvalue weighted by Crippen LogP contribution is 2.26. The van der Waals surface area contributed by atoms with Crippen LogP contribution < -0.4 is 10.2 Å². The summed E-state index contributed by atoms with van der Waals surface area (Å²) in [6, 6.07) is 5.83. The number of benzene rings is 1. The summed E-state index contributed by atoms with van der Waals surface area (Å²) in [5, 5.41) is 3.33. The quantitative estimate of drug-likeness (QED) is 0.892. The fourth-order valence-corrected chi connectivity index (χ4v) is 2.64. The first-order chi connectivity index (χ1) is 9.18. The van der Waals surface area contributed by atoms with Gasteiger partial charge in [-0.2, -0.15) is 0 Å². The Morgan fingerprint density at radius 1 is 1.16 bits per heavy atom. The first-order valence-corrected chi connectivity index (χ1v) is 7.44. The molecular weight excluding hydrogens is 239 g/mol. The number of hydrogen-bond acceptors (Lipinski definition) is 2. The predicted molar refractivity (Wildman–Crippen MR) is 79.1 cm³/mol. The third-order valence-electron chi connectivity index (χ3n) is 3.73. The average molecular weight is 264 g/mol. The van der Waals surface area contributed by atoms with Gasteiger partial charge in [0.25, 0.3) is 0 Å².